The Morgan fingerprint density at radius 2 is 1.21 bits per heavy atom. The molecule has 0 unspecified atom stereocenters. The molecule has 0 saturated carbocycles. The van der Waals surface area contributed by atoms with E-state index in [0.29, 0.717) is 19.0 Å². The van der Waals surface area contributed by atoms with Crippen LogP contribution in [-0.4, -0.2) is 30.1 Å². The van der Waals surface area contributed by atoms with Gasteiger partial charge in [0.25, 0.3) is 5.78 Å². The maximum atomic E-state index is 11.4. The molecule has 5 nitrogen and oxygen atoms in total. The summed E-state index contributed by atoms with van der Waals surface area (Å²) in [4.78, 5) is 22.1. The zero-order valence-electron chi connectivity index (χ0n) is 15.5. The minimum Gasteiger partial charge on any atom is -0.490 e. The molecule has 0 bridgehead atoms. The monoisotopic (exact) mass is 386 g/mol. The topological polar surface area (TPSA) is 72.8 Å². The molecule has 29 heavy (non-hydrogen) atoms. The highest BCUT2D eigenvalue weighted by molar-refractivity contribution is 6.39. The number of carbonyl (C=O) groups excluding carboxylic acids is 1. The maximum absolute atomic E-state index is 11.4. The minimum absolute atomic E-state index is 0.116. The van der Waals surface area contributed by atoms with E-state index < -0.39 is 11.8 Å². The standard InChI is InChI=1S/C24H18O5/c25-23(24(26)27)16-5-8-21(9-6-16)28-11-12-29-22-10-7-19-13-17-3-1-2-4-18(17)14-20(19)15-22/h1-10,13-15H,11-12H2,(H,26,27). The Labute approximate surface area is 167 Å². The molecule has 0 heterocycles. The van der Waals surface area contributed by atoms with E-state index in [9.17, 15) is 9.59 Å². The first-order valence-corrected chi connectivity index (χ1v) is 9.16. The first-order chi connectivity index (χ1) is 14.1. The van der Waals surface area contributed by atoms with Gasteiger partial charge in [-0.2, -0.15) is 0 Å². The van der Waals surface area contributed by atoms with Gasteiger partial charge in [-0.25, -0.2) is 4.79 Å². The number of ketones is 1. The van der Waals surface area contributed by atoms with Crippen LogP contribution in [0.4, 0.5) is 0 Å². The molecule has 0 saturated heterocycles. The third-order valence-electron chi connectivity index (χ3n) is 4.61. The predicted molar refractivity (Wildman–Crippen MR) is 111 cm³/mol. The molecule has 4 aromatic rings. The van der Waals surface area contributed by atoms with Gasteiger partial charge in [0.2, 0.25) is 0 Å². The lowest BCUT2D eigenvalue weighted by Crippen LogP contribution is -2.12. The lowest BCUT2D eigenvalue weighted by atomic mass is 10.0. The molecule has 0 aliphatic carbocycles. The lowest BCUT2D eigenvalue weighted by molar-refractivity contribution is -0.131. The van der Waals surface area contributed by atoms with Gasteiger partial charge < -0.3 is 14.6 Å². The average Bonchev–Trinajstić information content (AvgIpc) is 2.75. The number of ether oxygens (including phenoxy) is 2. The fourth-order valence-corrected chi connectivity index (χ4v) is 3.15. The Morgan fingerprint density at radius 3 is 1.86 bits per heavy atom. The molecule has 0 atom stereocenters. The van der Waals surface area contributed by atoms with Gasteiger partial charge >= 0.3 is 5.97 Å². The third-order valence-corrected chi connectivity index (χ3v) is 4.61. The molecule has 0 fully saturated rings. The fourth-order valence-electron chi connectivity index (χ4n) is 3.15. The van der Waals surface area contributed by atoms with Crippen molar-refractivity contribution in [1.29, 1.82) is 0 Å². The van der Waals surface area contributed by atoms with Crippen molar-refractivity contribution in [2.24, 2.45) is 0 Å². The van der Waals surface area contributed by atoms with E-state index in [-0.39, 0.29) is 5.56 Å². The number of hydrogen-bond acceptors (Lipinski definition) is 4. The summed E-state index contributed by atoms with van der Waals surface area (Å²) in [5.74, 6) is -1.11. The predicted octanol–water partition coefficient (Wildman–Crippen LogP) is 4.72. The Kier molecular flexibility index (Phi) is 5.12. The summed E-state index contributed by atoms with van der Waals surface area (Å²) in [6, 6.07) is 24.5. The van der Waals surface area contributed by atoms with Crippen molar-refractivity contribution in [2.45, 2.75) is 0 Å². The van der Waals surface area contributed by atoms with Crippen LogP contribution in [0, 0.1) is 0 Å². The van der Waals surface area contributed by atoms with Crippen molar-refractivity contribution in [3.05, 3.63) is 84.4 Å². The van der Waals surface area contributed by atoms with Crippen LogP contribution in [0.25, 0.3) is 21.5 Å². The van der Waals surface area contributed by atoms with Crippen molar-refractivity contribution in [2.75, 3.05) is 13.2 Å². The average molecular weight is 386 g/mol. The summed E-state index contributed by atoms with van der Waals surface area (Å²) < 4.78 is 11.4. The first-order valence-electron chi connectivity index (χ1n) is 9.16. The fraction of sp³-hybridized carbons (Fsp3) is 0.0833. The number of Topliss-reactive ketones (excluding diaryl/α,β-unsaturated/α-hetero) is 1. The highest BCUT2D eigenvalue weighted by Crippen LogP contribution is 2.26. The van der Waals surface area contributed by atoms with Crippen LogP contribution in [-0.2, 0) is 4.79 Å². The van der Waals surface area contributed by atoms with Crippen LogP contribution in [0.2, 0.25) is 0 Å². The van der Waals surface area contributed by atoms with Gasteiger partial charge in [-0.05, 0) is 70.1 Å². The van der Waals surface area contributed by atoms with Gasteiger partial charge in [0.05, 0.1) is 0 Å². The normalized spacial score (nSPS) is 10.8. The van der Waals surface area contributed by atoms with Crippen molar-refractivity contribution >= 4 is 33.3 Å². The molecule has 0 amide bonds. The molecule has 5 heteroatoms. The van der Waals surface area contributed by atoms with Gasteiger partial charge in [-0.1, -0.05) is 30.3 Å². The summed E-state index contributed by atoms with van der Waals surface area (Å²) in [6.45, 7) is 0.677. The first kappa shape index (κ1) is 18.5. The highest BCUT2D eigenvalue weighted by atomic mass is 16.5. The van der Waals surface area contributed by atoms with Crippen molar-refractivity contribution in [1.82, 2.24) is 0 Å². The third kappa shape index (κ3) is 4.19. The molecule has 0 radical (unpaired) electrons. The molecule has 1 N–H and O–H groups in total. The van der Waals surface area contributed by atoms with Crippen LogP contribution in [0.5, 0.6) is 11.5 Å². The van der Waals surface area contributed by atoms with Gasteiger partial charge in [0, 0.05) is 5.56 Å². The zero-order chi connectivity index (χ0) is 20.2. The molecule has 144 valence electrons. The summed E-state index contributed by atoms with van der Waals surface area (Å²) in [6.07, 6.45) is 0. The lowest BCUT2D eigenvalue weighted by Gasteiger charge is -2.10. The van der Waals surface area contributed by atoms with Gasteiger partial charge in [-0.3, -0.25) is 4.79 Å². The van der Waals surface area contributed by atoms with Crippen molar-refractivity contribution in [3.63, 3.8) is 0 Å². The minimum atomic E-state index is -1.48. The number of fused-ring (bicyclic) bond motifs is 2. The molecule has 0 aromatic heterocycles. The summed E-state index contributed by atoms with van der Waals surface area (Å²) in [5, 5.41) is 13.4. The summed E-state index contributed by atoms with van der Waals surface area (Å²) in [5.41, 5.74) is 0.116. The van der Waals surface area contributed by atoms with E-state index >= 15 is 0 Å². The molecule has 0 aliphatic rings. The van der Waals surface area contributed by atoms with Gasteiger partial charge in [0.15, 0.2) is 0 Å². The summed E-state index contributed by atoms with van der Waals surface area (Å²) in [7, 11) is 0. The van der Waals surface area contributed by atoms with Crippen molar-refractivity contribution < 1.29 is 24.2 Å². The van der Waals surface area contributed by atoms with Crippen LogP contribution < -0.4 is 9.47 Å². The summed E-state index contributed by atoms with van der Waals surface area (Å²) >= 11 is 0. The van der Waals surface area contributed by atoms with E-state index in [1.54, 1.807) is 12.1 Å². The number of carboxylic acids is 1. The van der Waals surface area contributed by atoms with E-state index in [4.69, 9.17) is 14.6 Å². The second kappa shape index (κ2) is 8.02. The number of hydrogen-bond donors (Lipinski definition) is 1. The second-order valence-electron chi connectivity index (χ2n) is 6.56. The molecule has 0 spiro atoms. The zero-order valence-corrected chi connectivity index (χ0v) is 15.5. The van der Waals surface area contributed by atoms with Gasteiger partial charge in [0.1, 0.15) is 24.7 Å². The number of aliphatic carboxylic acids is 1. The molecule has 4 aromatic carbocycles. The van der Waals surface area contributed by atoms with E-state index in [1.807, 2.05) is 30.3 Å². The Balaban J connectivity index is 1.35. The maximum Gasteiger partial charge on any atom is 0.377 e. The molecule has 0 aliphatic heterocycles. The van der Waals surface area contributed by atoms with Gasteiger partial charge in [-0.15, -0.1) is 0 Å². The second-order valence-corrected chi connectivity index (χ2v) is 6.56. The largest absolute Gasteiger partial charge is 0.490 e. The molecular weight excluding hydrogens is 368 g/mol. The van der Waals surface area contributed by atoms with Crippen LogP contribution in [0.15, 0.2) is 78.9 Å². The SMILES string of the molecule is O=C(O)C(=O)c1ccc(OCCOc2ccc3cc4ccccc4cc3c2)cc1. The highest BCUT2D eigenvalue weighted by Gasteiger charge is 2.13. The van der Waals surface area contributed by atoms with Crippen LogP contribution in [0.3, 0.4) is 0 Å². The van der Waals surface area contributed by atoms with Crippen LogP contribution >= 0.6 is 0 Å². The smallest absolute Gasteiger partial charge is 0.377 e. The quantitative estimate of drug-likeness (QED) is 0.215. The Bertz CT molecular complexity index is 1200. The number of carbonyl (C=O) groups is 2. The van der Waals surface area contributed by atoms with Crippen LogP contribution in [0.1, 0.15) is 10.4 Å². The Hall–Kier alpha value is -3.86. The Morgan fingerprint density at radius 1 is 0.655 bits per heavy atom. The number of rotatable bonds is 7. The molecule has 4 rings (SSSR count). The number of benzene rings is 4. The number of carboxylic acid groups (broad SMARTS) is 1. The van der Waals surface area contributed by atoms with E-state index in [2.05, 4.69) is 24.3 Å². The van der Waals surface area contributed by atoms with E-state index in [1.165, 1.54) is 22.9 Å². The van der Waals surface area contributed by atoms with Crippen molar-refractivity contribution in [3.8, 4) is 11.5 Å². The molecular formula is C24H18O5. The van der Waals surface area contributed by atoms with E-state index in [0.717, 1.165) is 16.5 Å².